The third-order valence-electron chi connectivity index (χ3n) is 2.19. The smallest absolute Gasteiger partial charge is 0.258 e. The fraction of sp³-hybridized carbons (Fsp3) is 1.00. The molecule has 1 saturated heterocycles. The van der Waals surface area contributed by atoms with E-state index in [1.807, 2.05) is 0 Å². The Hall–Kier alpha value is -0.220. The molecule has 1 fully saturated rings. The highest BCUT2D eigenvalue weighted by Crippen LogP contribution is 2.25. The Morgan fingerprint density at radius 1 is 1.55 bits per heavy atom. The van der Waals surface area contributed by atoms with Crippen LogP contribution in [0.4, 0.5) is 8.78 Å². The van der Waals surface area contributed by atoms with Crippen LogP contribution in [0.2, 0.25) is 0 Å². The third-order valence-corrected chi connectivity index (χ3v) is 2.19. The van der Waals surface area contributed by atoms with E-state index in [0.717, 1.165) is 0 Å². The van der Waals surface area contributed by atoms with Gasteiger partial charge in [-0.2, -0.15) is 0 Å². The summed E-state index contributed by atoms with van der Waals surface area (Å²) in [7, 11) is 1.56. The summed E-state index contributed by atoms with van der Waals surface area (Å²) >= 11 is 0. The van der Waals surface area contributed by atoms with Crippen molar-refractivity contribution in [3.05, 3.63) is 0 Å². The van der Waals surface area contributed by atoms with Crippen LogP contribution in [0.3, 0.4) is 0 Å². The molecule has 1 rings (SSSR count). The number of rotatable bonds is 2. The van der Waals surface area contributed by atoms with Crippen LogP contribution in [0.15, 0.2) is 0 Å². The second kappa shape index (κ2) is 3.45. The lowest BCUT2D eigenvalue weighted by atomic mass is 9.93. The Morgan fingerprint density at radius 3 is 2.55 bits per heavy atom. The predicted molar refractivity (Wildman–Crippen MR) is 37.8 cm³/mol. The van der Waals surface area contributed by atoms with Gasteiger partial charge in [-0.1, -0.05) is 0 Å². The van der Waals surface area contributed by atoms with Crippen molar-refractivity contribution < 1.29 is 13.5 Å². The zero-order valence-electron chi connectivity index (χ0n) is 6.57. The van der Waals surface area contributed by atoms with Crippen molar-refractivity contribution in [1.82, 2.24) is 5.32 Å². The van der Waals surface area contributed by atoms with Crippen LogP contribution in [0.1, 0.15) is 12.8 Å². The van der Waals surface area contributed by atoms with Gasteiger partial charge in [0, 0.05) is 6.61 Å². The molecule has 0 aromatic carbocycles. The van der Waals surface area contributed by atoms with Crippen molar-refractivity contribution >= 4 is 0 Å². The van der Waals surface area contributed by atoms with E-state index < -0.39 is 12.0 Å². The summed E-state index contributed by atoms with van der Waals surface area (Å²) < 4.78 is 29.9. The van der Waals surface area contributed by atoms with Crippen LogP contribution in [0, 0.1) is 0 Å². The molecule has 4 heteroatoms. The van der Waals surface area contributed by atoms with Gasteiger partial charge in [0.1, 0.15) is 5.54 Å². The number of nitrogens with one attached hydrogen (secondary N) is 1. The number of alkyl halides is 2. The molecule has 1 N–H and O–H groups in total. The summed E-state index contributed by atoms with van der Waals surface area (Å²) in [5, 5.41) is 2.64. The second-order valence-electron chi connectivity index (χ2n) is 2.86. The predicted octanol–water partition coefficient (Wildman–Crippen LogP) is 1.02. The first-order valence-corrected chi connectivity index (χ1v) is 3.76. The molecule has 1 aliphatic rings. The van der Waals surface area contributed by atoms with Gasteiger partial charge in [-0.25, -0.2) is 8.78 Å². The molecule has 0 spiro atoms. The van der Waals surface area contributed by atoms with Gasteiger partial charge >= 0.3 is 0 Å². The second-order valence-corrected chi connectivity index (χ2v) is 2.86. The average molecular weight is 165 g/mol. The van der Waals surface area contributed by atoms with Gasteiger partial charge in [-0.05, 0) is 19.9 Å². The standard InChI is InChI=1S/C7H13F2NO/c1-10-7(6(8)9)3-2-4-11-5-7/h6,10H,2-5H2,1H3. The number of halogens is 2. The molecule has 11 heavy (non-hydrogen) atoms. The first-order valence-electron chi connectivity index (χ1n) is 3.76. The van der Waals surface area contributed by atoms with E-state index in [0.29, 0.717) is 19.4 Å². The zero-order chi connectivity index (χ0) is 8.32. The van der Waals surface area contributed by atoms with Crippen molar-refractivity contribution in [3.8, 4) is 0 Å². The van der Waals surface area contributed by atoms with Crippen LogP contribution >= 0.6 is 0 Å². The maximum atomic E-state index is 12.4. The highest BCUT2D eigenvalue weighted by atomic mass is 19.3. The molecule has 0 aromatic heterocycles. The van der Waals surface area contributed by atoms with Gasteiger partial charge in [-0.15, -0.1) is 0 Å². The molecule has 0 bridgehead atoms. The normalized spacial score (nSPS) is 32.7. The molecule has 1 heterocycles. The lowest BCUT2D eigenvalue weighted by molar-refractivity contribution is -0.0603. The summed E-state index contributed by atoms with van der Waals surface area (Å²) in [5.74, 6) is 0. The first kappa shape index (κ1) is 8.87. The summed E-state index contributed by atoms with van der Waals surface area (Å²) in [6.45, 7) is 0.733. The molecular formula is C7H13F2NO. The van der Waals surface area contributed by atoms with Crippen molar-refractivity contribution in [2.24, 2.45) is 0 Å². The van der Waals surface area contributed by atoms with Crippen LogP contribution in [0.5, 0.6) is 0 Å². The lowest BCUT2D eigenvalue weighted by Gasteiger charge is -2.35. The van der Waals surface area contributed by atoms with Gasteiger partial charge < -0.3 is 10.1 Å². The SMILES string of the molecule is CNC1(C(F)F)CCCOC1. The fourth-order valence-corrected chi connectivity index (χ4v) is 1.29. The van der Waals surface area contributed by atoms with Gasteiger partial charge in [0.15, 0.2) is 0 Å². The number of ether oxygens (including phenoxy) is 1. The number of hydrogen-bond donors (Lipinski definition) is 1. The van der Waals surface area contributed by atoms with Crippen molar-refractivity contribution in [1.29, 1.82) is 0 Å². The van der Waals surface area contributed by atoms with Crippen LogP contribution in [0.25, 0.3) is 0 Å². The monoisotopic (exact) mass is 165 g/mol. The van der Waals surface area contributed by atoms with E-state index in [2.05, 4.69) is 5.32 Å². The summed E-state index contributed by atoms with van der Waals surface area (Å²) in [5.41, 5.74) is -1.09. The highest BCUT2D eigenvalue weighted by Gasteiger charge is 2.40. The Kier molecular flexibility index (Phi) is 2.78. The van der Waals surface area contributed by atoms with Gasteiger partial charge in [0.05, 0.1) is 6.61 Å². The maximum absolute atomic E-state index is 12.4. The molecule has 0 radical (unpaired) electrons. The quantitative estimate of drug-likeness (QED) is 0.659. The van der Waals surface area contributed by atoms with Gasteiger partial charge in [0.25, 0.3) is 6.43 Å². The van der Waals surface area contributed by atoms with E-state index in [1.54, 1.807) is 7.05 Å². The minimum absolute atomic E-state index is 0.126. The summed E-state index contributed by atoms with van der Waals surface area (Å²) in [6.07, 6.45) is -1.13. The minimum Gasteiger partial charge on any atom is -0.379 e. The van der Waals surface area contributed by atoms with Crippen LogP contribution in [-0.4, -0.2) is 32.2 Å². The molecule has 0 aromatic rings. The minimum atomic E-state index is -2.34. The first-order chi connectivity index (χ1) is 5.21. The Balaban J connectivity index is 2.57. The molecule has 2 nitrogen and oxygen atoms in total. The van der Waals surface area contributed by atoms with E-state index in [-0.39, 0.29) is 6.61 Å². The van der Waals surface area contributed by atoms with Gasteiger partial charge in [-0.3, -0.25) is 0 Å². The summed E-state index contributed by atoms with van der Waals surface area (Å²) in [6, 6.07) is 0. The van der Waals surface area contributed by atoms with Crippen molar-refractivity contribution in [3.63, 3.8) is 0 Å². The Bertz CT molecular complexity index is 124. The van der Waals surface area contributed by atoms with E-state index in [1.165, 1.54) is 0 Å². The zero-order valence-corrected chi connectivity index (χ0v) is 6.57. The molecule has 0 aliphatic carbocycles. The number of hydrogen-bond acceptors (Lipinski definition) is 2. The fourth-order valence-electron chi connectivity index (χ4n) is 1.29. The largest absolute Gasteiger partial charge is 0.379 e. The Morgan fingerprint density at radius 2 is 2.27 bits per heavy atom. The third kappa shape index (κ3) is 1.68. The average Bonchev–Trinajstić information content (AvgIpc) is 2.05. The topological polar surface area (TPSA) is 21.3 Å². The van der Waals surface area contributed by atoms with Crippen LogP contribution < -0.4 is 5.32 Å². The van der Waals surface area contributed by atoms with E-state index in [4.69, 9.17) is 4.74 Å². The molecule has 0 amide bonds. The summed E-state index contributed by atoms with van der Waals surface area (Å²) in [4.78, 5) is 0. The molecule has 1 aliphatic heterocycles. The molecule has 66 valence electrons. The molecule has 1 unspecified atom stereocenters. The maximum Gasteiger partial charge on any atom is 0.258 e. The van der Waals surface area contributed by atoms with E-state index in [9.17, 15) is 8.78 Å². The molecule has 0 saturated carbocycles. The molecule has 1 atom stereocenters. The Labute approximate surface area is 64.9 Å². The van der Waals surface area contributed by atoms with Crippen molar-refractivity contribution in [2.75, 3.05) is 20.3 Å². The van der Waals surface area contributed by atoms with Crippen molar-refractivity contribution in [2.45, 2.75) is 24.8 Å². The number of likely N-dealkylation sites (N-methyl/N-ethyl adjacent to an activating group) is 1. The molecular weight excluding hydrogens is 152 g/mol. The highest BCUT2D eigenvalue weighted by molar-refractivity contribution is 4.91. The lowest BCUT2D eigenvalue weighted by Crippen LogP contribution is -2.55. The van der Waals surface area contributed by atoms with Gasteiger partial charge in [0.2, 0.25) is 0 Å². The van der Waals surface area contributed by atoms with E-state index >= 15 is 0 Å². The van der Waals surface area contributed by atoms with Crippen LogP contribution in [-0.2, 0) is 4.74 Å².